The summed E-state index contributed by atoms with van der Waals surface area (Å²) in [4.78, 5) is 11.6. The van der Waals surface area contributed by atoms with Crippen LogP contribution >= 0.6 is 0 Å². The molecule has 3 rings (SSSR count). The molecule has 0 fully saturated rings. The first kappa shape index (κ1) is 10.8. The smallest absolute Gasteiger partial charge is 0.336 e. The first-order chi connectivity index (χ1) is 8.63. The number of nitrogens with zero attached hydrogens (tertiary/aromatic N) is 1. The molecule has 0 atom stereocenters. The molecule has 18 heavy (non-hydrogen) atoms. The van der Waals surface area contributed by atoms with E-state index >= 15 is 0 Å². The topological polar surface area (TPSA) is 56.2 Å². The van der Waals surface area contributed by atoms with E-state index in [1.165, 1.54) is 6.07 Å². The lowest BCUT2D eigenvalue weighted by Crippen LogP contribution is -1.98. The predicted molar refractivity (Wildman–Crippen MR) is 67.5 cm³/mol. The highest BCUT2D eigenvalue weighted by atomic mass is 16.5. The monoisotopic (exact) mass is 241 g/mol. The van der Waals surface area contributed by atoms with Crippen LogP contribution in [0.5, 0.6) is 0 Å². The second-order valence-electron chi connectivity index (χ2n) is 4.30. The second kappa shape index (κ2) is 3.84. The summed E-state index contributed by atoms with van der Waals surface area (Å²) in [5.74, 6) is 0.707. The molecule has 0 unspecified atom stereocenters. The maximum absolute atomic E-state index is 11.6. The Bertz CT molecular complexity index is 783. The number of fused-ring (bicyclic) bond motifs is 1. The predicted octanol–water partition coefficient (Wildman–Crippen LogP) is 3.06. The molecule has 4 heteroatoms. The van der Waals surface area contributed by atoms with Gasteiger partial charge < -0.3 is 8.94 Å². The van der Waals surface area contributed by atoms with Crippen LogP contribution in [0.4, 0.5) is 0 Å². The molecular formula is C14H11NO3. The van der Waals surface area contributed by atoms with Gasteiger partial charge in [-0.3, -0.25) is 0 Å². The summed E-state index contributed by atoms with van der Waals surface area (Å²) < 4.78 is 10.2. The fourth-order valence-corrected chi connectivity index (χ4v) is 1.98. The molecule has 90 valence electrons. The minimum absolute atomic E-state index is 0.385. The van der Waals surface area contributed by atoms with E-state index in [0.29, 0.717) is 17.0 Å². The lowest BCUT2D eigenvalue weighted by atomic mass is 10.1. The Morgan fingerprint density at radius 1 is 1.11 bits per heavy atom. The van der Waals surface area contributed by atoms with E-state index in [1.807, 2.05) is 32.0 Å². The molecule has 0 aliphatic heterocycles. The van der Waals surface area contributed by atoms with E-state index < -0.39 is 0 Å². The van der Waals surface area contributed by atoms with E-state index in [-0.39, 0.29) is 5.63 Å². The van der Waals surface area contributed by atoms with Crippen molar-refractivity contribution in [2.24, 2.45) is 0 Å². The van der Waals surface area contributed by atoms with Crippen molar-refractivity contribution in [2.75, 3.05) is 0 Å². The van der Waals surface area contributed by atoms with Crippen LogP contribution in [-0.4, -0.2) is 5.16 Å². The fraction of sp³-hybridized carbons (Fsp3) is 0.143. The zero-order valence-corrected chi connectivity index (χ0v) is 10.1. The standard InChI is InChI=1S/C14H11NO3/c1-8-3-4-10-11(12-6-9(2)18-15-12)7-14(16)17-13(10)5-8/h3-7H,1-2H3. The van der Waals surface area contributed by atoms with E-state index in [4.69, 9.17) is 8.94 Å². The number of aryl methyl sites for hydroxylation is 2. The molecule has 3 aromatic rings. The maximum atomic E-state index is 11.6. The molecule has 2 aromatic heterocycles. The summed E-state index contributed by atoms with van der Waals surface area (Å²) in [5.41, 5.74) is 2.60. The van der Waals surface area contributed by atoms with Crippen LogP contribution in [0.2, 0.25) is 0 Å². The number of benzene rings is 1. The molecule has 0 bridgehead atoms. The molecule has 0 radical (unpaired) electrons. The molecule has 0 aliphatic carbocycles. The summed E-state index contributed by atoms with van der Waals surface area (Å²) in [7, 11) is 0. The maximum Gasteiger partial charge on any atom is 0.336 e. The third-order valence-electron chi connectivity index (χ3n) is 2.80. The first-order valence-corrected chi connectivity index (χ1v) is 5.62. The van der Waals surface area contributed by atoms with Gasteiger partial charge in [0.1, 0.15) is 17.0 Å². The molecule has 0 saturated heterocycles. The van der Waals surface area contributed by atoms with Gasteiger partial charge in [-0.05, 0) is 25.5 Å². The molecule has 1 aromatic carbocycles. The van der Waals surface area contributed by atoms with Gasteiger partial charge in [-0.25, -0.2) is 4.79 Å². The van der Waals surface area contributed by atoms with Crippen molar-refractivity contribution in [1.29, 1.82) is 0 Å². The zero-order valence-electron chi connectivity index (χ0n) is 10.1. The minimum Gasteiger partial charge on any atom is -0.423 e. The van der Waals surface area contributed by atoms with Crippen LogP contribution in [-0.2, 0) is 0 Å². The Morgan fingerprint density at radius 2 is 1.94 bits per heavy atom. The van der Waals surface area contributed by atoms with Crippen molar-refractivity contribution in [3.8, 4) is 11.3 Å². The van der Waals surface area contributed by atoms with Gasteiger partial charge in [-0.15, -0.1) is 0 Å². The number of hydrogen-bond acceptors (Lipinski definition) is 4. The second-order valence-corrected chi connectivity index (χ2v) is 4.30. The zero-order chi connectivity index (χ0) is 12.7. The molecule has 0 saturated carbocycles. The minimum atomic E-state index is -0.385. The van der Waals surface area contributed by atoms with Gasteiger partial charge in [0.15, 0.2) is 0 Å². The summed E-state index contributed by atoms with van der Waals surface area (Å²) in [6.07, 6.45) is 0. The average molecular weight is 241 g/mol. The van der Waals surface area contributed by atoms with Crippen LogP contribution in [0.25, 0.3) is 22.2 Å². The molecule has 0 aliphatic rings. The molecule has 0 spiro atoms. The number of rotatable bonds is 1. The van der Waals surface area contributed by atoms with Gasteiger partial charge in [0, 0.05) is 23.1 Å². The summed E-state index contributed by atoms with van der Waals surface area (Å²) >= 11 is 0. The lowest BCUT2D eigenvalue weighted by molar-refractivity contribution is 0.399. The quantitative estimate of drug-likeness (QED) is 0.614. The Hall–Kier alpha value is -2.36. The van der Waals surface area contributed by atoms with Crippen molar-refractivity contribution in [3.63, 3.8) is 0 Å². The van der Waals surface area contributed by atoms with E-state index in [9.17, 15) is 4.79 Å². The lowest BCUT2D eigenvalue weighted by Gasteiger charge is -2.02. The van der Waals surface area contributed by atoms with Gasteiger partial charge in [0.2, 0.25) is 0 Å². The summed E-state index contributed by atoms with van der Waals surface area (Å²) in [5, 5.41) is 4.80. The Kier molecular flexibility index (Phi) is 2.30. The van der Waals surface area contributed by atoms with Gasteiger partial charge >= 0.3 is 5.63 Å². The van der Waals surface area contributed by atoms with Crippen molar-refractivity contribution in [3.05, 3.63) is 52.1 Å². The van der Waals surface area contributed by atoms with E-state index in [0.717, 1.165) is 16.5 Å². The number of hydrogen-bond donors (Lipinski definition) is 0. The highest BCUT2D eigenvalue weighted by Crippen LogP contribution is 2.27. The van der Waals surface area contributed by atoms with Gasteiger partial charge in [-0.2, -0.15) is 0 Å². The van der Waals surface area contributed by atoms with Gasteiger partial charge in [-0.1, -0.05) is 17.3 Å². The Morgan fingerprint density at radius 3 is 2.67 bits per heavy atom. The third-order valence-corrected chi connectivity index (χ3v) is 2.80. The summed E-state index contributed by atoms with van der Waals surface area (Å²) in [6.45, 7) is 3.76. The molecule has 2 heterocycles. The van der Waals surface area contributed by atoms with Crippen LogP contribution in [0.3, 0.4) is 0 Å². The summed E-state index contributed by atoms with van der Waals surface area (Å²) in [6, 6.07) is 8.97. The molecule has 4 nitrogen and oxygen atoms in total. The first-order valence-electron chi connectivity index (χ1n) is 5.62. The SMILES string of the molecule is Cc1ccc2c(-c3cc(C)on3)cc(=O)oc2c1. The van der Waals surface area contributed by atoms with E-state index in [2.05, 4.69) is 5.16 Å². The largest absolute Gasteiger partial charge is 0.423 e. The highest BCUT2D eigenvalue weighted by molar-refractivity contribution is 5.92. The van der Waals surface area contributed by atoms with Crippen molar-refractivity contribution in [2.45, 2.75) is 13.8 Å². The Labute approximate surface area is 103 Å². The third kappa shape index (κ3) is 1.72. The number of aromatic nitrogens is 1. The normalized spacial score (nSPS) is 11.0. The molecular weight excluding hydrogens is 230 g/mol. The van der Waals surface area contributed by atoms with Crippen LogP contribution in [0.15, 0.2) is 44.1 Å². The molecule has 0 N–H and O–H groups in total. The van der Waals surface area contributed by atoms with Crippen molar-refractivity contribution >= 4 is 11.0 Å². The average Bonchev–Trinajstić information content (AvgIpc) is 2.74. The van der Waals surface area contributed by atoms with Crippen LogP contribution in [0, 0.1) is 13.8 Å². The van der Waals surface area contributed by atoms with Crippen molar-refractivity contribution < 1.29 is 8.94 Å². The fourth-order valence-electron chi connectivity index (χ4n) is 1.98. The van der Waals surface area contributed by atoms with Crippen molar-refractivity contribution in [1.82, 2.24) is 5.16 Å². The van der Waals surface area contributed by atoms with Crippen LogP contribution < -0.4 is 5.63 Å². The van der Waals surface area contributed by atoms with Crippen LogP contribution in [0.1, 0.15) is 11.3 Å². The Balaban J connectivity index is 2.38. The van der Waals surface area contributed by atoms with E-state index in [1.54, 1.807) is 6.07 Å². The van der Waals surface area contributed by atoms with Gasteiger partial charge in [0.05, 0.1) is 0 Å². The highest BCUT2D eigenvalue weighted by Gasteiger charge is 2.11. The molecule has 0 amide bonds. The van der Waals surface area contributed by atoms with Gasteiger partial charge in [0.25, 0.3) is 0 Å².